The summed E-state index contributed by atoms with van der Waals surface area (Å²) in [6, 6.07) is 9.91. The summed E-state index contributed by atoms with van der Waals surface area (Å²) in [6.45, 7) is 4.52. The van der Waals surface area contributed by atoms with E-state index in [1.54, 1.807) is 0 Å². The first-order chi connectivity index (χ1) is 9.84. The number of carbonyl (C=O) groups is 1. The zero-order valence-electron chi connectivity index (χ0n) is 12.3. The minimum absolute atomic E-state index is 0.133. The highest BCUT2D eigenvalue weighted by atomic mass is 16.1. The molecule has 0 aliphatic carbocycles. The van der Waals surface area contributed by atoms with Gasteiger partial charge in [0.1, 0.15) is 0 Å². The highest BCUT2D eigenvalue weighted by molar-refractivity contribution is 5.78. The van der Waals surface area contributed by atoms with Gasteiger partial charge in [-0.3, -0.25) is 4.79 Å². The Morgan fingerprint density at radius 1 is 1.05 bits per heavy atom. The summed E-state index contributed by atoms with van der Waals surface area (Å²) in [5.41, 5.74) is 1.08. The molecule has 1 aromatic rings. The van der Waals surface area contributed by atoms with Crippen molar-refractivity contribution in [3.63, 3.8) is 0 Å². The van der Waals surface area contributed by atoms with Crippen LogP contribution in [0.4, 0.5) is 0 Å². The summed E-state index contributed by atoms with van der Waals surface area (Å²) in [5.74, 6) is 0.133. The van der Waals surface area contributed by atoms with Gasteiger partial charge in [-0.1, -0.05) is 36.8 Å². The van der Waals surface area contributed by atoms with Gasteiger partial charge in [-0.15, -0.1) is 0 Å². The van der Waals surface area contributed by atoms with Crippen LogP contribution in [0.3, 0.4) is 0 Å². The molecule has 0 unspecified atom stereocenters. The summed E-state index contributed by atoms with van der Waals surface area (Å²) in [6.07, 6.45) is 6.86. The number of carbonyl (C=O) groups excluding carboxylic acids is 1. The van der Waals surface area contributed by atoms with Crippen molar-refractivity contribution in [2.45, 2.75) is 38.5 Å². The van der Waals surface area contributed by atoms with Crippen molar-refractivity contribution >= 4 is 5.91 Å². The SMILES string of the molecule is O=C(Cc1ccccc1)NCCCCN1CCCCC1. The normalized spacial score (nSPS) is 16.0. The Morgan fingerprint density at radius 3 is 2.55 bits per heavy atom. The summed E-state index contributed by atoms with van der Waals surface area (Å²) in [5, 5.41) is 3.01. The Kier molecular flexibility index (Phi) is 6.58. The summed E-state index contributed by atoms with van der Waals surface area (Å²) in [7, 11) is 0. The second kappa shape index (κ2) is 8.75. The molecule has 1 saturated heterocycles. The van der Waals surface area contributed by atoms with Crippen LogP contribution in [0.25, 0.3) is 0 Å². The summed E-state index contributed by atoms with van der Waals surface area (Å²) < 4.78 is 0. The molecule has 1 fully saturated rings. The maximum atomic E-state index is 11.8. The third-order valence-electron chi connectivity index (χ3n) is 3.88. The van der Waals surface area contributed by atoms with Crippen molar-refractivity contribution in [2.75, 3.05) is 26.2 Å². The van der Waals surface area contributed by atoms with Crippen molar-refractivity contribution in [1.29, 1.82) is 0 Å². The van der Waals surface area contributed by atoms with Crippen LogP contribution in [0.15, 0.2) is 30.3 Å². The van der Waals surface area contributed by atoms with E-state index in [0.717, 1.165) is 18.5 Å². The molecule has 0 saturated carbocycles. The minimum atomic E-state index is 0.133. The largest absolute Gasteiger partial charge is 0.356 e. The minimum Gasteiger partial charge on any atom is -0.356 e. The predicted molar refractivity (Wildman–Crippen MR) is 82.7 cm³/mol. The molecule has 1 aliphatic rings. The van der Waals surface area contributed by atoms with Crippen LogP contribution in [0, 0.1) is 0 Å². The Morgan fingerprint density at radius 2 is 1.80 bits per heavy atom. The van der Waals surface area contributed by atoms with Gasteiger partial charge >= 0.3 is 0 Å². The zero-order valence-corrected chi connectivity index (χ0v) is 12.3. The Balaban J connectivity index is 1.51. The number of amides is 1. The third-order valence-corrected chi connectivity index (χ3v) is 3.88. The lowest BCUT2D eigenvalue weighted by atomic mass is 10.1. The number of piperidine rings is 1. The molecule has 1 N–H and O–H groups in total. The van der Waals surface area contributed by atoms with Gasteiger partial charge in [-0.25, -0.2) is 0 Å². The molecular formula is C17H26N2O. The van der Waals surface area contributed by atoms with Gasteiger partial charge in [0.2, 0.25) is 5.91 Å². The molecule has 2 rings (SSSR count). The Labute approximate surface area is 122 Å². The number of unbranched alkanes of at least 4 members (excludes halogenated alkanes) is 1. The van der Waals surface area contributed by atoms with E-state index in [2.05, 4.69) is 10.2 Å². The molecule has 20 heavy (non-hydrogen) atoms. The molecule has 1 heterocycles. The summed E-state index contributed by atoms with van der Waals surface area (Å²) in [4.78, 5) is 14.3. The molecule has 3 nitrogen and oxygen atoms in total. The molecular weight excluding hydrogens is 248 g/mol. The van der Waals surface area contributed by atoms with Crippen LogP contribution in [-0.2, 0) is 11.2 Å². The second-order valence-electron chi connectivity index (χ2n) is 5.62. The van der Waals surface area contributed by atoms with E-state index in [-0.39, 0.29) is 5.91 Å². The molecule has 1 amide bonds. The van der Waals surface area contributed by atoms with Crippen LogP contribution in [-0.4, -0.2) is 37.0 Å². The highest BCUT2D eigenvalue weighted by Gasteiger charge is 2.09. The molecule has 3 heteroatoms. The van der Waals surface area contributed by atoms with Crippen LogP contribution < -0.4 is 5.32 Å². The van der Waals surface area contributed by atoms with Gasteiger partial charge in [-0.05, 0) is 50.9 Å². The fourth-order valence-electron chi connectivity index (χ4n) is 2.71. The van der Waals surface area contributed by atoms with E-state index in [1.807, 2.05) is 30.3 Å². The van der Waals surface area contributed by atoms with E-state index >= 15 is 0 Å². The second-order valence-corrected chi connectivity index (χ2v) is 5.62. The number of likely N-dealkylation sites (tertiary alicyclic amines) is 1. The molecule has 110 valence electrons. The number of hydrogen-bond acceptors (Lipinski definition) is 2. The van der Waals surface area contributed by atoms with Crippen LogP contribution in [0.2, 0.25) is 0 Å². The Bertz CT molecular complexity index is 385. The zero-order chi connectivity index (χ0) is 14.0. The maximum absolute atomic E-state index is 11.8. The van der Waals surface area contributed by atoms with Crippen LogP contribution >= 0.6 is 0 Å². The highest BCUT2D eigenvalue weighted by Crippen LogP contribution is 2.09. The van der Waals surface area contributed by atoms with Crippen molar-refractivity contribution in [2.24, 2.45) is 0 Å². The quantitative estimate of drug-likeness (QED) is 0.775. The smallest absolute Gasteiger partial charge is 0.224 e. The first-order valence-electron chi connectivity index (χ1n) is 7.87. The molecule has 1 aliphatic heterocycles. The van der Waals surface area contributed by atoms with Gasteiger partial charge < -0.3 is 10.2 Å². The van der Waals surface area contributed by atoms with Crippen LogP contribution in [0.5, 0.6) is 0 Å². The first kappa shape index (κ1) is 15.0. The first-order valence-corrected chi connectivity index (χ1v) is 7.87. The predicted octanol–water partition coefficient (Wildman–Crippen LogP) is 2.61. The number of nitrogens with one attached hydrogen (secondary N) is 1. The number of benzene rings is 1. The summed E-state index contributed by atoms with van der Waals surface area (Å²) >= 11 is 0. The van der Waals surface area contributed by atoms with Gasteiger partial charge in [0, 0.05) is 6.54 Å². The molecule has 0 bridgehead atoms. The third kappa shape index (κ3) is 5.74. The lowest BCUT2D eigenvalue weighted by molar-refractivity contribution is -0.120. The molecule has 0 atom stereocenters. The van der Waals surface area contributed by atoms with Gasteiger partial charge in [-0.2, -0.15) is 0 Å². The van der Waals surface area contributed by atoms with Gasteiger partial charge in [0.05, 0.1) is 6.42 Å². The van der Waals surface area contributed by atoms with E-state index in [0.29, 0.717) is 6.42 Å². The van der Waals surface area contributed by atoms with E-state index in [9.17, 15) is 4.79 Å². The molecule has 0 aromatic heterocycles. The average Bonchev–Trinajstić information content (AvgIpc) is 2.49. The fraction of sp³-hybridized carbons (Fsp3) is 0.588. The number of rotatable bonds is 7. The lowest BCUT2D eigenvalue weighted by Crippen LogP contribution is -2.31. The van der Waals surface area contributed by atoms with Crippen molar-refractivity contribution in [1.82, 2.24) is 10.2 Å². The van der Waals surface area contributed by atoms with Gasteiger partial charge in [0.15, 0.2) is 0 Å². The average molecular weight is 274 g/mol. The molecule has 1 aromatic carbocycles. The number of hydrogen-bond donors (Lipinski definition) is 1. The van der Waals surface area contributed by atoms with Crippen LogP contribution in [0.1, 0.15) is 37.7 Å². The standard InChI is InChI=1S/C17H26N2O/c20-17(15-16-9-3-1-4-10-16)18-11-5-8-14-19-12-6-2-7-13-19/h1,3-4,9-10H,2,5-8,11-15H2,(H,18,20). The van der Waals surface area contributed by atoms with E-state index < -0.39 is 0 Å². The lowest BCUT2D eigenvalue weighted by Gasteiger charge is -2.26. The van der Waals surface area contributed by atoms with E-state index in [4.69, 9.17) is 0 Å². The van der Waals surface area contributed by atoms with Crippen molar-refractivity contribution in [3.05, 3.63) is 35.9 Å². The van der Waals surface area contributed by atoms with Gasteiger partial charge in [0.25, 0.3) is 0 Å². The number of nitrogens with zero attached hydrogens (tertiary/aromatic N) is 1. The van der Waals surface area contributed by atoms with E-state index in [1.165, 1.54) is 45.3 Å². The Hall–Kier alpha value is -1.35. The van der Waals surface area contributed by atoms with Crippen molar-refractivity contribution < 1.29 is 4.79 Å². The monoisotopic (exact) mass is 274 g/mol. The molecule has 0 spiro atoms. The topological polar surface area (TPSA) is 32.3 Å². The fourth-order valence-corrected chi connectivity index (χ4v) is 2.71. The van der Waals surface area contributed by atoms with Crippen molar-refractivity contribution in [3.8, 4) is 0 Å². The molecule has 0 radical (unpaired) electrons. The maximum Gasteiger partial charge on any atom is 0.224 e.